The summed E-state index contributed by atoms with van der Waals surface area (Å²) in [5.41, 5.74) is -2.78. The molecule has 0 saturated heterocycles. The van der Waals surface area contributed by atoms with Crippen LogP contribution in [0.25, 0.3) is 10.9 Å². The Morgan fingerprint density at radius 1 is 0.950 bits per heavy atom. The Labute approximate surface area is 108 Å². The summed E-state index contributed by atoms with van der Waals surface area (Å²) in [5, 5.41) is 8.89. The van der Waals surface area contributed by atoms with E-state index in [2.05, 4.69) is 4.98 Å². The van der Waals surface area contributed by atoms with Gasteiger partial charge >= 0.3 is 12.4 Å². The van der Waals surface area contributed by atoms with E-state index in [0.717, 1.165) is 6.07 Å². The van der Waals surface area contributed by atoms with E-state index < -0.39 is 30.2 Å². The molecule has 0 saturated carbocycles. The van der Waals surface area contributed by atoms with E-state index in [1.165, 1.54) is 0 Å². The van der Waals surface area contributed by atoms with Gasteiger partial charge in [-0.15, -0.1) is 0 Å². The van der Waals surface area contributed by atoms with Crippen molar-refractivity contribution in [2.45, 2.75) is 19.0 Å². The minimum atomic E-state index is -4.74. The zero-order valence-corrected chi connectivity index (χ0v) is 9.68. The third-order valence-electron chi connectivity index (χ3n) is 2.68. The molecule has 0 aliphatic rings. The van der Waals surface area contributed by atoms with Crippen molar-refractivity contribution in [2.24, 2.45) is 0 Å². The highest BCUT2D eigenvalue weighted by Gasteiger charge is 2.34. The number of pyridine rings is 1. The second kappa shape index (κ2) is 4.62. The van der Waals surface area contributed by atoms with Crippen molar-refractivity contribution in [3.8, 4) is 0 Å². The minimum absolute atomic E-state index is 0.157. The molecule has 0 bridgehead atoms. The monoisotopic (exact) mass is 295 g/mol. The molecular formula is C12H7F6NO. The van der Waals surface area contributed by atoms with Crippen molar-refractivity contribution in [2.75, 3.05) is 0 Å². The molecule has 0 fully saturated rings. The van der Waals surface area contributed by atoms with Gasteiger partial charge < -0.3 is 5.11 Å². The second-order valence-corrected chi connectivity index (χ2v) is 4.05. The lowest BCUT2D eigenvalue weighted by Crippen LogP contribution is -2.10. The van der Waals surface area contributed by atoms with Crippen LogP contribution >= 0.6 is 0 Å². The number of aliphatic hydroxyl groups is 1. The highest BCUT2D eigenvalue weighted by molar-refractivity contribution is 5.83. The van der Waals surface area contributed by atoms with Gasteiger partial charge in [-0.1, -0.05) is 0 Å². The molecule has 1 N–H and O–H groups in total. The molecule has 0 aliphatic heterocycles. The summed E-state index contributed by atoms with van der Waals surface area (Å²) in [5.74, 6) is 0. The number of hydrogen-bond donors (Lipinski definition) is 1. The average Bonchev–Trinajstić information content (AvgIpc) is 2.34. The SMILES string of the molecule is OCc1cc(C(F)(F)F)nc2ccc(C(F)(F)F)cc12. The van der Waals surface area contributed by atoms with Crippen molar-refractivity contribution in [1.82, 2.24) is 4.98 Å². The van der Waals surface area contributed by atoms with Crippen LogP contribution in [0.1, 0.15) is 16.8 Å². The quantitative estimate of drug-likeness (QED) is 0.812. The van der Waals surface area contributed by atoms with Crippen LogP contribution in [-0.2, 0) is 19.0 Å². The molecule has 0 radical (unpaired) electrons. The predicted octanol–water partition coefficient (Wildman–Crippen LogP) is 3.76. The van der Waals surface area contributed by atoms with Gasteiger partial charge in [0.25, 0.3) is 0 Å². The van der Waals surface area contributed by atoms with Gasteiger partial charge in [-0.25, -0.2) is 4.98 Å². The standard InChI is InChI=1S/C12H7F6NO/c13-11(14,15)7-1-2-9-8(4-7)6(5-20)3-10(19-9)12(16,17)18/h1-4,20H,5H2. The summed E-state index contributed by atoms with van der Waals surface area (Å²) < 4.78 is 75.4. The molecule has 0 aliphatic carbocycles. The maximum Gasteiger partial charge on any atom is 0.433 e. The molecule has 8 heteroatoms. The molecule has 0 spiro atoms. The van der Waals surface area contributed by atoms with Gasteiger partial charge in [-0.05, 0) is 29.8 Å². The van der Waals surface area contributed by atoms with E-state index in [-0.39, 0.29) is 16.5 Å². The van der Waals surface area contributed by atoms with Crippen molar-refractivity contribution in [1.29, 1.82) is 0 Å². The van der Waals surface area contributed by atoms with Gasteiger partial charge in [0, 0.05) is 5.39 Å². The largest absolute Gasteiger partial charge is 0.433 e. The van der Waals surface area contributed by atoms with E-state index in [0.29, 0.717) is 18.2 Å². The molecule has 1 aromatic carbocycles. The van der Waals surface area contributed by atoms with E-state index in [1.54, 1.807) is 0 Å². The number of alkyl halides is 6. The van der Waals surface area contributed by atoms with Gasteiger partial charge in [0.15, 0.2) is 0 Å². The van der Waals surface area contributed by atoms with Crippen LogP contribution in [0.4, 0.5) is 26.3 Å². The topological polar surface area (TPSA) is 33.1 Å². The number of benzene rings is 1. The first kappa shape index (κ1) is 14.6. The Kier molecular flexibility index (Phi) is 3.37. The molecule has 1 heterocycles. The summed E-state index contributed by atoms with van der Waals surface area (Å²) >= 11 is 0. The molecule has 0 atom stereocenters. The highest BCUT2D eigenvalue weighted by Crippen LogP contribution is 2.34. The van der Waals surface area contributed by atoms with Crippen LogP contribution in [0.2, 0.25) is 0 Å². The van der Waals surface area contributed by atoms with Gasteiger partial charge in [-0.2, -0.15) is 26.3 Å². The van der Waals surface area contributed by atoms with Crippen LogP contribution in [0, 0.1) is 0 Å². The normalized spacial score (nSPS) is 12.9. The first-order chi connectivity index (χ1) is 9.13. The fraction of sp³-hybridized carbons (Fsp3) is 0.250. The summed E-state index contributed by atoms with van der Waals surface area (Å²) in [6.45, 7) is -0.816. The zero-order valence-electron chi connectivity index (χ0n) is 9.68. The Balaban J connectivity index is 2.71. The lowest BCUT2D eigenvalue weighted by atomic mass is 10.0. The van der Waals surface area contributed by atoms with Crippen LogP contribution in [-0.4, -0.2) is 10.1 Å². The van der Waals surface area contributed by atoms with E-state index in [4.69, 9.17) is 5.11 Å². The Hall–Kier alpha value is -1.83. The zero-order chi connectivity index (χ0) is 15.1. The molecule has 0 amide bonds. The minimum Gasteiger partial charge on any atom is -0.392 e. The van der Waals surface area contributed by atoms with Gasteiger partial charge in [0.1, 0.15) is 5.69 Å². The number of hydrogen-bond acceptors (Lipinski definition) is 2. The highest BCUT2D eigenvalue weighted by atomic mass is 19.4. The van der Waals surface area contributed by atoms with Crippen LogP contribution in [0.3, 0.4) is 0 Å². The summed E-state index contributed by atoms with van der Waals surface area (Å²) in [6.07, 6.45) is -9.36. The second-order valence-electron chi connectivity index (χ2n) is 4.05. The molecule has 0 unspecified atom stereocenters. The van der Waals surface area contributed by atoms with Crippen molar-refractivity contribution >= 4 is 10.9 Å². The lowest BCUT2D eigenvalue weighted by molar-refractivity contribution is -0.141. The number of rotatable bonds is 1. The maximum atomic E-state index is 12.6. The smallest absolute Gasteiger partial charge is 0.392 e. The molecule has 108 valence electrons. The number of halogens is 6. The number of fused-ring (bicyclic) bond motifs is 1. The van der Waals surface area contributed by atoms with Gasteiger partial charge in [0.2, 0.25) is 0 Å². The Morgan fingerprint density at radius 3 is 2.10 bits per heavy atom. The fourth-order valence-electron chi connectivity index (χ4n) is 1.75. The van der Waals surface area contributed by atoms with Gasteiger partial charge in [0.05, 0.1) is 17.7 Å². The Bertz CT molecular complexity index is 647. The number of aromatic nitrogens is 1. The van der Waals surface area contributed by atoms with Crippen LogP contribution < -0.4 is 0 Å². The van der Waals surface area contributed by atoms with Crippen LogP contribution in [0.15, 0.2) is 24.3 Å². The summed E-state index contributed by atoms with van der Waals surface area (Å²) in [6, 6.07) is 2.72. The molecule has 2 nitrogen and oxygen atoms in total. The molecule has 2 aromatic rings. The molecule has 2 rings (SSSR count). The summed E-state index contributed by atoms with van der Waals surface area (Å²) in [4.78, 5) is 3.27. The number of aliphatic hydroxyl groups excluding tert-OH is 1. The number of nitrogens with zero attached hydrogens (tertiary/aromatic N) is 1. The van der Waals surface area contributed by atoms with Crippen LogP contribution in [0.5, 0.6) is 0 Å². The molecule has 20 heavy (non-hydrogen) atoms. The molecular weight excluding hydrogens is 288 g/mol. The van der Waals surface area contributed by atoms with Crippen molar-refractivity contribution in [3.05, 3.63) is 41.1 Å². The van der Waals surface area contributed by atoms with Crippen molar-refractivity contribution < 1.29 is 31.4 Å². The van der Waals surface area contributed by atoms with E-state index in [9.17, 15) is 26.3 Å². The van der Waals surface area contributed by atoms with Crippen molar-refractivity contribution in [3.63, 3.8) is 0 Å². The Morgan fingerprint density at radius 2 is 1.60 bits per heavy atom. The summed E-state index contributed by atoms with van der Waals surface area (Å²) in [7, 11) is 0. The maximum absolute atomic E-state index is 12.6. The lowest BCUT2D eigenvalue weighted by Gasteiger charge is -2.12. The van der Waals surface area contributed by atoms with E-state index >= 15 is 0 Å². The fourth-order valence-corrected chi connectivity index (χ4v) is 1.75. The van der Waals surface area contributed by atoms with E-state index in [1.807, 2.05) is 0 Å². The first-order valence-corrected chi connectivity index (χ1v) is 5.32. The third kappa shape index (κ3) is 2.69. The van der Waals surface area contributed by atoms with Gasteiger partial charge in [-0.3, -0.25) is 0 Å². The third-order valence-corrected chi connectivity index (χ3v) is 2.68. The predicted molar refractivity (Wildman–Crippen MR) is 57.7 cm³/mol. The molecule has 1 aromatic heterocycles. The average molecular weight is 295 g/mol. The first-order valence-electron chi connectivity index (χ1n) is 5.32.